The third-order valence-electron chi connectivity index (χ3n) is 2.36. The summed E-state index contributed by atoms with van der Waals surface area (Å²) >= 11 is 0. The Morgan fingerprint density at radius 3 is 2.26 bits per heavy atom. The van der Waals surface area contributed by atoms with Gasteiger partial charge in [-0.2, -0.15) is 13.2 Å². The lowest BCUT2D eigenvalue weighted by atomic mass is 10.2. The van der Waals surface area contributed by atoms with Crippen LogP contribution in [0.15, 0.2) is 12.3 Å². The molecule has 0 unspecified atom stereocenters. The van der Waals surface area contributed by atoms with Gasteiger partial charge in [0.15, 0.2) is 11.5 Å². The van der Waals surface area contributed by atoms with Crippen molar-refractivity contribution in [1.29, 1.82) is 0 Å². The Morgan fingerprint density at radius 2 is 1.79 bits per heavy atom. The molecule has 1 heterocycles. The molecular weight excluding hydrogens is 259 g/mol. The molecule has 1 aromatic rings. The molecule has 0 spiro atoms. The number of alkyl halides is 3. The highest BCUT2D eigenvalue weighted by atomic mass is 19.4. The number of halogens is 3. The van der Waals surface area contributed by atoms with E-state index in [9.17, 15) is 13.2 Å². The van der Waals surface area contributed by atoms with Crippen LogP contribution in [0, 0.1) is 0 Å². The van der Waals surface area contributed by atoms with Crippen LogP contribution in [0.1, 0.15) is 39.3 Å². The summed E-state index contributed by atoms with van der Waals surface area (Å²) in [4.78, 5) is 3.39. The molecule has 1 fully saturated rings. The Morgan fingerprint density at radius 1 is 1.16 bits per heavy atom. The fourth-order valence-electron chi connectivity index (χ4n) is 1.44. The molecule has 1 aliphatic rings. The van der Waals surface area contributed by atoms with Crippen molar-refractivity contribution in [2.75, 3.05) is 0 Å². The predicted molar refractivity (Wildman–Crippen MR) is 63.3 cm³/mol. The number of aromatic nitrogens is 1. The van der Waals surface area contributed by atoms with Crippen LogP contribution in [0.25, 0.3) is 0 Å². The molecule has 106 valence electrons. The fraction of sp³-hybridized carbons (Fsp3) is 0.615. The third kappa shape index (κ3) is 4.01. The molecule has 0 radical (unpaired) electrons. The minimum atomic E-state index is -4.48. The molecule has 19 heavy (non-hydrogen) atoms. The lowest BCUT2D eigenvalue weighted by Crippen LogP contribution is -2.24. The van der Waals surface area contributed by atoms with Crippen LogP contribution in [0.5, 0.6) is 11.5 Å². The van der Waals surface area contributed by atoms with Gasteiger partial charge >= 0.3 is 6.18 Å². The van der Waals surface area contributed by atoms with Crippen LogP contribution in [0.3, 0.4) is 0 Å². The van der Waals surface area contributed by atoms with Crippen LogP contribution >= 0.6 is 0 Å². The number of hydrogen-bond donors (Lipinski definition) is 0. The lowest BCUT2D eigenvalue weighted by molar-refractivity contribution is -0.141. The van der Waals surface area contributed by atoms with Crippen LogP contribution in [0.4, 0.5) is 13.2 Å². The lowest BCUT2D eigenvalue weighted by Gasteiger charge is -2.23. The second-order valence-electron chi connectivity index (χ2n) is 5.55. The van der Waals surface area contributed by atoms with E-state index in [1.807, 2.05) is 20.8 Å². The fourth-order valence-corrected chi connectivity index (χ4v) is 1.44. The quantitative estimate of drug-likeness (QED) is 0.840. The third-order valence-corrected chi connectivity index (χ3v) is 2.36. The summed E-state index contributed by atoms with van der Waals surface area (Å²) in [5.74, 6) is 0.354. The average molecular weight is 275 g/mol. The smallest absolute Gasteiger partial charge is 0.433 e. The number of pyridine rings is 1. The largest absolute Gasteiger partial charge is 0.486 e. The van der Waals surface area contributed by atoms with Gasteiger partial charge in [0.1, 0.15) is 11.3 Å². The maximum absolute atomic E-state index is 12.6. The van der Waals surface area contributed by atoms with E-state index in [1.165, 1.54) is 0 Å². The molecule has 1 saturated carbocycles. The maximum Gasteiger partial charge on any atom is 0.433 e. The van der Waals surface area contributed by atoms with Crippen molar-refractivity contribution in [1.82, 2.24) is 4.98 Å². The molecule has 0 amide bonds. The monoisotopic (exact) mass is 275 g/mol. The van der Waals surface area contributed by atoms with Gasteiger partial charge in [-0.25, -0.2) is 4.98 Å². The number of hydrogen-bond acceptors (Lipinski definition) is 3. The van der Waals surface area contributed by atoms with Crippen LogP contribution in [-0.4, -0.2) is 16.7 Å². The van der Waals surface area contributed by atoms with Crippen molar-refractivity contribution < 1.29 is 22.6 Å². The van der Waals surface area contributed by atoms with Gasteiger partial charge in [0, 0.05) is 6.07 Å². The summed E-state index contributed by atoms with van der Waals surface area (Å²) in [6.07, 6.45) is -1.70. The number of nitrogens with zero attached hydrogens (tertiary/aromatic N) is 1. The molecule has 6 heteroatoms. The Labute approximate surface area is 109 Å². The Bertz CT molecular complexity index is 462. The topological polar surface area (TPSA) is 31.4 Å². The normalized spacial score (nSPS) is 16.3. The molecule has 0 bridgehead atoms. The van der Waals surface area contributed by atoms with E-state index in [1.54, 1.807) is 0 Å². The van der Waals surface area contributed by atoms with Crippen molar-refractivity contribution >= 4 is 0 Å². The van der Waals surface area contributed by atoms with Crippen molar-refractivity contribution in [2.45, 2.75) is 51.5 Å². The van der Waals surface area contributed by atoms with Gasteiger partial charge in [0.05, 0.1) is 12.3 Å². The molecule has 0 atom stereocenters. The average Bonchev–Trinajstić information content (AvgIpc) is 3.00. The zero-order valence-electron chi connectivity index (χ0n) is 11.0. The number of ether oxygens (including phenoxy) is 2. The highest BCUT2D eigenvalue weighted by Gasteiger charge is 2.35. The first-order chi connectivity index (χ1) is 8.65. The first-order valence-corrected chi connectivity index (χ1v) is 6.08. The highest BCUT2D eigenvalue weighted by Crippen LogP contribution is 2.38. The van der Waals surface area contributed by atoms with Gasteiger partial charge in [-0.05, 0) is 33.6 Å². The Kier molecular flexibility index (Phi) is 3.36. The molecule has 0 aromatic carbocycles. The van der Waals surface area contributed by atoms with E-state index in [4.69, 9.17) is 9.47 Å². The summed E-state index contributed by atoms with van der Waals surface area (Å²) < 4.78 is 48.9. The van der Waals surface area contributed by atoms with Crippen molar-refractivity contribution in [2.24, 2.45) is 0 Å². The van der Waals surface area contributed by atoms with E-state index in [0.717, 1.165) is 25.1 Å². The van der Waals surface area contributed by atoms with Gasteiger partial charge in [-0.15, -0.1) is 0 Å². The van der Waals surface area contributed by atoms with Crippen LogP contribution in [-0.2, 0) is 6.18 Å². The van der Waals surface area contributed by atoms with E-state index >= 15 is 0 Å². The van der Waals surface area contributed by atoms with E-state index in [2.05, 4.69) is 4.98 Å². The standard InChI is InChI=1S/C13H16F3NO2/c1-12(2,3)19-10-7-17-11(13(14,15)16)6-9(10)18-8-4-5-8/h6-8H,4-5H2,1-3H3. The van der Waals surface area contributed by atoms with E-state index in [0.29, 0.717) is 0 Å². The Balaban J connectivity index is 2.30. The molecule has 0 N–H and O–H groups in total. The molecule has 2 rings (SSSR count). The van der Waals surface area contributed by atoms with Crippen molar-refractivity contribution in [3.8, 4) is 11.5 Å². The summed E-state index contributed by atoms with van der Waals surface area (Å²) in [5.41, 5.74) is -1.49. The van der Waals surface area contributed by atoms with Gasteiger partial charge in [0.2, 0.25) is 0 Å². The van der Waals surface area contributed by atoms with Crippen molar-refractivity contribution in [3.63, 3.8) is 0 Å². The van der Waals surface area contributed by atoms with Gasteiger partial charge in [0.25, 0.3) is 0 Å². The second-order valence-corrected chi connectivity index (χ2v) is 5.55. The molecule has 1 aliphatic carbocycles. The van der Waals surface area contributed by atoms with Gasteiger partial charge in [-0.3, -0.25) is 0 Å². The van der Waals surface area contributed by atoms with Gasteiger partial charge in [-0.1, -0.05) is 0 Å². The minimum absolute atomic E-state index is 0.00852. The first kappa shape index (κ1) is 14.0. The van der Waals surface area contributed by atoms with Crippen molar-refractivity contribution in [3.05, 3.63) is 18.0 Å². The van der Waals surface area contributed by atoms with E-state index < -0.39 is 17.5 Å². The number of rotatable bonds is 3. The summed E-state index contributed by atoms with van der Waals surface area (Å²) in [5, 5.41) is 0. The summed E-state index contributed by atoms with van der Waals surface area (Å²) in [6.45, 7) is 5.43. The maximum atomic E-state index is 12.6. The molecule has 0 saturated heterocycles. The molecule has 3 nitrogen and oxygen atoms in total. The van der Waals surface area contributed by atoms with Gasteiger partial charge < -0.3 is 9.47 Å². The molecule has 0 aliphatic heterocycles. The predicted octanol–water partition coefficient (Wildman–Crippen LogP) is 3.82. The summed E-state index contributed by atoms with van der Waals surface area (Å²) in [6, 6.07) is 0.902. The highest BCUT2D eigenvalue weighted by molar-refractivity contribution is 5.40. The first-order valence-electron chi connectivity index (χ1n) is 6.08. The Hall–Kier alpha value is -1.46. The minimum Gasteiger partial charge on any atom is -0.486 e. The SMILES string of the molecule is CC(C)(C)Oc1cnc(C(F)(F)F)cc1OC1CC1. The van der Waals surface area contributed by atoms with Crippen LogP contribution in [0.2, 0.25) is 0 Å². The summed E-state index contributed by atoms with van der Waals surface area (Å²) in [7, 11) is 0. The second kappa shape index (κ2) is 4.58. The zero-order valence-corrected chi connectivity index (χ0v) is 11.0. The zero-order chi connectivity index (χ0) is 14.3. The van der Waals surface area contributed by atoms with E-state index in [-0.39, 0.29) is 17.6 Å². The molecule has 1 aromatic heterocycles. The molecular formula is C13H16F3NO2. The van der Waals surface area contributed by atoms with Crippen LogP contribution < -0.4 is 9.47 Å².